The first-order valence-corrected chi connectivity index (χ1v) is 6.65. The topological polar surface area (TPSA) is 40.5 Å². The van der Waals surface area contributed by atoms with Crippen molar-refractivity contribution < 1.29 is 9.90 Å². The van der Waals surface area contributed by atoms with Gasteiger partial charge >= 0.3 is 0 Å². The summed E-state index contributed by atoms with van der Waals surface area (Å²) >= 11 is 0. The molecule has 0 aromatic heterocycles. The molecule has 3 heteroatoms. The summed E-state index contributed by atoms with van der Waals surface area (Å²) in [4.78, 5) is 14.0. The summed E-state index contributed by atoms with van der Waals surface area (Å²) in [6.07, 6.45) is 2.66. The number of benzene rings is 1. The summed E-state index contributed by atoms with van der Waals surface area (Å²) in [5.74, 6) is 0.214. The molecule has 0 aliphatic heterocycles. The lowest BCUT2D eigenvalue weighted by Crippen LogP contribution is -2.33. The number of unbranched alkanes of at least 4 members (excludes halogenated alkanes) is 1. The fourth-order valence-corrected chi connectivity index (χ4v) is 1.92. The third kappa shape index (κ3) is 5.94. The lowest BCUT2D eigenvalue weighted by Gasteiger charge is -2.20. The average Bonchev–Trinajstić information content (AvgIpc) is 2.37. The van der Waals surface area contributed by atoms with Crippen LogP contribution in [0.5, 0.6) is 0 Å². The van der Waals surface area contributed by atoms with Crippen LogP contribution in [0.15, 0.2) is 30.3 Å². The van der Waals surface area contributed by atoms with Crippen LogP contribution >= 0.6 is 0 Å². The molecule has 1 rings (SSSR count). The number of carbonyl (C=O) groups excluding carboxylic acids is 1. The van der Waals surface area contributed by atoms with Gasteiger partial charge in [-0.15, -0.1) is 0 Å². The minimum atomic E-state index is 0.113. The van der Waals surface area contributed by atoms with Crippen LogP contribution in [0.3, 0.4) is 0 Å². The van der Waals surface area contributed by atoms with E-state index in [1.54, 1.807) is 0 Å². The first-order chi connectivity index (χ1) is 8.76. The Morgan fingerprint density at radius 1 is 1.22 bits per heavy atom. The van der Waals surface area contributed by atoms with Crippen molar-refractivity contribution in [1.82, 2.24) is 4.90 Å². The van der Waals surface area contributed by atoms with Gasteiger partial charge in [0.15, 0.2) is 5.78 Å². The van der Waals surface area contributed by atoms with Crippen molar-refractivity contribution in [2.45, 2.75) is 26.2 Å². The highest BCUT2D eigenvalue weighted by atomic mass is 16.3. The van der Waals surface area contributed by atoms with E-state index in [0.29, 0.717) is 19.5 Å². The van der Waals surface area contributed by atoms with Gasteiger partial charge in [0.1, 0.15) is 0 Å². The highest BCUT2D eigenvalue weighted by Gasteiger charge is 2.10. The molecule has 100 valence electrons. The number of nitrogens with zero attached hydrogens (tertiary/aromatic N) is 1. The quantitative estimate of drug-likeness (QED) is 0.726. The van der Waals surface area contributed by atoms with Crippen molar-refractivity contribution in [2.75, 3.05) is 26.2 Å². The molecule has 3 nitrogen and oxygen atoms in total. The van der Waals surface area contributed by atoms with Gasteiger partial charge in [-0.1, -0.05) is 43.7 Å². The molecule has 0 fully saturated rings. The van der Waals surface area contributed by atoms with Crippen molar-refractivity contribution >= 4 is 5.78 Å². The van der Waals surface area contributed by atoms with Gasteiger partial charge in [-0.25, -0.2) is 0 Å². The van der Waals surface area contributed by atoms with Crippen molar-refractivity contribution in [2.24, 2.45) is 0 Å². The van der Waals surface area contributed by atoms with Crippen LogP contribution in [0.25, 0.3) is 0 Å². The van der Waals surface area contributed by atoms with E-state index in [4.69, 9.17) is 5.11 Å². The Morgan fingerprint density at radius 3 is 2.56 bits per heavy atom. The van der Waals surface area contributed by atoms with Gasteiger partial charge < -0.3 is 5.11 Å². The number of aliphatic hydroxyl groups is 1. The monoisotopic (exact) mass is 249 g/mol. The van der Waals surface area contributed by atoms with E-state index in [0.717, 1.165) is 24.9 Å². The first-order valence-electron chi connectivity index (χ1n) is 6.65. The zero-order valence-corrected chi connectivity index (χ0v) is 11.1. The number of carbonyl (C=O) groups is 1. The van der Waals surface area contributed by atoms with Gasteiger partial charge in [0.05, 0.1) is 13.2 Å². The minimum absolute atomic E-state index is 0.113. The Balaban J connectivity index is 2.40. The molecule has 0 bridgehead atoms. The maximum atomic E-state index is 11.9. The highest BCUT2D eigenvalue weighted by molar-refractivity contribution is 5.82. The van der Waals surface area contributed by atoms with Crippen LogP contribution in [0, 0.1) is 0 Å². The fraction of sp³-hybridized carbons (Fsp3) is 0.533. The van der Waals surface area contributed by atoms with E-state index < -0.39 is 0 Å². The molecule has 0 amide bonds. The molecule has 0 unspecified atom stereocenters. The summed E-state index contributed by atoms with van der Waals surface area (Å²) < 4.78 is 0. The molecule has 18 heavy (non-hydrogen) atoms. The molecule has 0 atom stereocenters. The molecule has 0 radical (unpaired) electrons. The number of ketones is 1. The van der Waals surface area contributed by atoms with E-state index in [-0.39, 0.29) is 12.4 Å². The van der Waals surface area contributed by atoms with Crippen LogP contribution < -0.4 is 0 Å². The van der Waals surface area contributed by atoms with Crippen molar-refractivity contribution in [1.29, 1.82) is 0 Å². The fourth-order valence-electron chi connectivity index (χ4n) is 1.92. The summed E-state index contributed by atoms with van der Waals surface area (Å²) in [6.45, 7) is 4.15. The predicted molar refractivity (Wildman–Crippen MR) is 73.6 cm³/mol. The number of Topliss-reactive ketones (excluding diaryl/α,β-unsaturated/α-hetero) is 1. The molecule has 1 aromatic rings. The molecule has 1 aromatic carbocycles. The van der Waals surface area contributed by atoms with Crippen LogP contribution in [0.4, 0.5) is 0 Å². The van der Waals surface area contributed by atoms with Gasteiger partial charge in [0.25, 0.3) is 0 Å². The van der Waals surface area contributed by atoms with Crippen LogP contribution in [-0.2, 0) is 11.2 Å². The molecule has 0 aliphatic rings. The highest BCUT2D eigenvalue weighted by Crippen LogP contribution is 2.02. The second-order valence-corrected chi connectivity index (χ2v) is 4.55. The van der Waals surface area contributed by atoms with Crippen molar-refractivity contribution in [3.63, 3.8) is 0 Å². The number of aliphatic hydroxyl groups excluding tert-OH is 1. The smallest absolute Gasteiger partial charge is 0.151 e. The molecule has 0 aliphatic carbocycles. The Labute approximate surface area is 109 Å². The summed E-state index contributed by atoms with van der Waals surface area (Å²) in [5, 5.41) is 8.99. The van der Waals surface area contributed by atoms with Gasteiger partial charge in [-0.2, -0.15) is 0 Å². The Hall–Kier alpha value is -1.19. The van der Waals surface area contributed by atoms with E-state index in [2.05, 4.69) is 6.92 Å². The lowest BCUT2D eigenvalue weighted by atomic mass is 10.1. The minimum Gasteiger partial charge on any atom is -0.395 e. The van der Waals surface area contributed by atoms with E-state index in [9.17, 15) is 4.79 Å². The maximum absolute atomic E-state index is 11.9. The van der Waals surface area contributed by atoms with Crippen LogP contribution in [0.2, 0.25) is 0 Å². The molecule has 0 saturated heterocycles. The Bertz CT molecular complexity index is 338. The number of hydrogen-bond donors (Lipinski definition) is 1. The first kappa shape index (κ1) is 14.9. The van der Waals surface area contributed by atoms with Crippen molar-refractivity contribution in [3.8, 4) is 0 Å². The summed E-state index contributed by atoms with van der Waals surface area (Å²) in [5.41, 5.74) is 1.06. The molecular weight excluding hydrogens is 226 g/mol. The average molecular weight is 249 g/mol. The Morgan fingerprint density at radius 2 is 1.94 bits per heavy atom. The maximum Gasteiger partial charge on any atom is 0.151 e. The zero-order chi connectivity index (χ0) is 13.2. The van der Waals surface area contributed by atoms with Crippen LogP contribution in [0.1, 0.15) is 25.3 Å². The molecular formula is C15H23NO2. The SMILES string of the molecule is CCCCN(CCO)CC(=O)Cc1ccccc1. The van der Waals surface area contributed by atoms with E-state index in [1.807, 2.05) is 35.2 Å². The summed E-state index contributed by atoms with van der Waals surface area (Å²) in [7, 11) is 0. The van der Waals surface area contributed by atoms with Gasteiger partial charge in [0.2, 0.25) is 0 Å². The third-order valence-electron chi connectivity index (χ3n) is 2.89. The molecule has 0 saturated carbocycles. The van der Waals surface area contributed by atoms with Crippen molar-refractivity contribution in [3.05, 3.63) is 35.9 Å². The van der Waals surface area contributed by atoms with Gasteiger partial charge in [-0.05, 0) is 18.5 Å². The lowest BCUT2D eigenvalue weighted by molar-refractivity contribution is -0.119. The second-order valence-electron chi connectivity index (χ2n) is 4.55. The van der Waals surface area contributed by atoms with Gasteiger partial charge in [-0.3, -0.25) is 9.69 Å². The molecule has 1 N–H and O–H groups in total. The van der Waals surface area contributed by atoms with Gasteiger partial charge in [0, 0.05) is 13.0 Å². The second kappa shape index (κ2) is 8.84. The van der Waals surface area contributed by atoms with E-state index in [1.165, 1.54) is 0 Å². The van der Waals surface area contributed by atoms with E-state index >= 15 is 0 Å². The predicted octanol–water partition coefficient (Wildman–Crippen LogP) is 1.89. The zero-order valence-electron chi connectivity index (χ0n) is 11.1. The number of hydrogen-bond acceptors (Lipinski definition) is 3. The normalized spacial score (nSPS) is 10.8. The Kier molecular flexibility index (Phi) is 7.30. The molecule has 0 heterocycles. The number of rotatable bonds is 9. The van der Waals surface area contributed by atoms with Crippen LogP contribution in [-0.4, -0.2) is 42.0 Å². The largest absolute Gasteiger partial charge is 0.395 e. The molecule has 0 spiro atoms. The third-order valence-corrected chi connectivity index (χ3v) is 2.89. The standard InChI is InChI=1S/C15H23NO2/c1-2-3-9-16(10-11-17)13-15(18)12-14-7-5-4-6-8-14/h4-8,17H,2-3,9-13H2,1H3. The summed E-state index contributed by atoms with van der Waals surface area (Å²) in [6, 6.07) is 9.80.